The maximum Gasteiger partial charge on any atom is 0.246 e. The van der Waals surface area contributed by atoms with Gasteiger partial charge in [-0.1, -0.05) is 12.1 Å². The molecule has 1 atom stereocenters. The topological polar surface area (TPSA) is 113 Å². The van der Waals surface area contributed by atoms with Crippen LogP contribution < -0.4 is 20.9 Å². The highest BCUT2D eigenvalue weighted by Gasteiger charge is 2.22. The smallest absolute Gasteiger partial charge is 0.246 e. The fraction of sp³-hybridized carbons (Fsp3) is 0.348. The molecule has 2 aromatic carbocycles. The number of piperidine rings is 1. The largest absolute Gasteiger partial charge is 0.508 e. The zero-order valence-corrected chi connectivity index (χ0v) is 20.4. The number of aliphatic imine (C=N–C) groups is 1. The van der Waals surface area contributed by atoms with E-state index in [0.717, 1.165) is 31.6 Å². The van der Waals surface area contributed by atoms with Crippen molar-refractivity contribution in [2.75, 3.05) is 36.4 Å². The summed E-state index contributed by atoms with van der Waals surface area (Å²) in [5.41, 5.74) is 2.23. The molecule has 1 unspecified atom stereocenters. The molecule has 0 bridgehead atoms. The molecule has 2 aromatic rings. The van der Waals surface area contributed by atoms with Gasteiger partial charge in [-0.2, -0.15) is 5.26 Å². The number of hydrogen-bond acceptors (Lipinski definition) is 5. The minimum Gasteiger partial charge on any atom is -0.508 e. The first-order valence-corrected chi connectivity index (χ1v) is 10.5. The first-order chi connectivity index (χ1) is 15.1. The Morgan fingerprint density at radius 1 is 1.25 bits per heavy atom. The number of nitriles is 1. The Bertz CT molecular complexity index is 958. The first kappa shape index (κ1) is 25.3. The summed E-state index contributed by atoms with van der Waals surface area (Å²) in [6.45, 7) is 4.29. The number of benzene rings is 2. The van der Waals surface area contributed by atoms with Crippen LogP contribution in [0.4, 0.5) is 11.4 Å². The Morgan fingerprint density at radius 3 is 2.72 bits per heavy atom. The van der Waals surface area contributed by atoms with Crippen molar-refractivity contribution in [1.29, 1.82) is 5.26 Å². The summed E-state index contributed by atoms with van der Waals surface area (Å²) in [7, 11) is 0. The number of guanidine groups is 1. The highest BCUT2D eigenvalue weighted by atomic mass is 127. The van der Waals surface area contributed by atoms with Crippen molar-refractivity contribution in [2.45, 2.75) is 25.8 Å². The van der Waals surface area contributed by atoms with Crippen LogP contribution in [-0.2, 0) is 4.79 Å². The molecule has 0 radical (unpaired) electrons. The molecular formula is C23H29IN6O2. The van der Waals surface area contributed by atoms with E-state index in [9.17, 15) is 15.2 Å². The molecule has 1 aliphatic heterocycles. The monoisotopic (exact) mass is 548 g/mol. The Morgan fingerprint density at radius 2 is 2.00 bits per heavy atom. The van der Waals surface area contributed by atoms with Gasteiger partial charge in [0.1, 0.15) is 18.4 Å². The van der Waals surface area contributed by atoms with E-state index in [1.54, 1.807) is 12.1 Å². The summed E-state index contributed by atoms with van der Waals surface area (Å²) in [6, 6.07) is 16.4. The number of rotatable bonds is 6. The van der Waals surface area contributed by atoms with Crippen molar-refractivity contribution in [3.63, 3.8) is 0 Å². The molecule has 0 aliphatic carbocycles. The maximum absolute atomic E-state index is 12.2. The van der Waals surface area contributed by atoms with Crippen LogP contribution >= 0.6 is 24.0 Å². The number of phenols is 1. The molecule has 0 aromatic heterocycles. The van der Waals surface area contributed by atoms with Crippen LogP contribution in [0, 0.1) is 11.3 Å². The fourth-order valence-corrected chi connectivity index (χ4v) is 3.57. The third-order valence-corrected chi connectivity index (χ3v) is 5.00. The van der Waals surface area contributed by atoms with Gasteiger partial charge >= 0.3 is 0 Å². The summed E-state index contributed by atoms with van der Waals surface area (Å²) in [4.78, 5) is 18.9. The molecule has 1 fully saturated rings. The van der Waals surface area contributed by atoms with Crippen molar-refractivity contribution in [3.05, 3.63) is 54.1 Å². The molecule has 8 nitrogen and oxygen atoms in total. The number of carbonyl (C=O) groups excluding carboxylic acids is 1. The quantitative estimate of drug-likeness (QED) is 0.191. The van der Waals surface area contributed by atoms with Crippen LogP contribution in [-0.4, -0.2) is 49.2 Å². The Balaban J connectivity index is 0.00000363. The Hall–Kier alpha value is -3.00. The molecule has 32 heavy (non-hydrogen) atoms. The zero-order valence-electron chi connectivity index (χ0n) is 18.0. The number of nitrogens with zero attached hydrogens (tertiary/aromatic N) is 3. The molecule has 4 N–H and O–H groups in total. The van der Waals surface area contributed by atoms with E-state index in [0.29, 0.717) is 23.8 Å². The van der Waals surface area contributed by atoms with Crippen LogP contribution in [0.25, 0.3) is 0 Å². The van der Waals surface area contributed by atoms with Gasteiger partial charge in [-0.05, 0) is 56.2 Å². The Kier molecular flexibility index (Phi) is 10.1. The van der Waals surface area contributed by atoms with Crippen LogP contribution in [0.1, 0.15) is 25.3 Å². The molecule has 1 aliphatic rings. The second-order valence-electron chi connectivity index (χ2n) is 7.35. The van der Waals surface area contributed by atoms with Crippen molar-refractivity contribution in [1.82, 2.24) is 10.6 Å². The summed E-state index contributed by atoms with van der Waals surface area (Å²) < 4.78 is 0. The second-order valence-corrected chi connectivity index (χ2v) is 7.35. The summed E-state index contributed by atoms with van der Waals surface area (Å²) in [6.07, 6.45) is 1.98. The number of phenolic OH excluding ortho intramolecular Hbond substituents is 1. The van der Waals surface area contributed by atoms with Gasteiger partial charge in [-0.15, -0.1) is 24.0 Å². The number of amides is 1. The molecule has 9 heteroatoms. The van der Waals surface area contributed by atoms with E-state index < -0.39 is 0 Å². The number of nitrogens with one attached hydrogen (secondary N) is 3. The van der Waals surface area contributed by atoms with Crippen LogP contribution in [0.3, 0.4) is 0 Å². The number of para-hydroxylation sites is 1. The van der Waals surface area contributed by atoms with Gasteiger partial charge in [0.15, 0.2) is 5.96 Å². The van der Waals surface area contributed by atoms with Gasteiger partial charge in [-0.3, -0.25) is 4.79 Å². The number of anilines is 2. The minimum atomic E-state index is -0.240. The van der Waals surface area contributed by atoms with Gasteiger partial charge < -0.3 is 26.0 Å². The van der Waals surface area contributed by atoms with Gasteiger partial charge in [-0.25, -0.2) is 4.99 Å². The first-order valence-electron chi connectivity index (χ1n) is 10.5. The van der Waals surface area contributed by atoms with Crippen molar-refractivity contribution >= 4 is 47.2 Å². The van der Waals surface area contributed by atoms with Gasteiger partial charge in [0, 0.05) is 31.4 Å². The van der Waals surface area contributed by atoms with Gasteiger partial charge in [0.2, 0.25) is 5.91 Å². The van der Waals surface area contributed by atoms with Crippen molar-refractivity contribution in [2.24, 2.45) is 4.99 Å². The Labute approximate surface area is 205 Å². The molecule has 1 saturated heterocycles. The molecular weight excluding hydrogens is 519 g/mol. The minimum absolute atomic E-state index is 0. The molecule has 1 amide bonds. The third kappa shape index (κ3) is 7.30. The number of carbonyl (C=O) groups is 1. The lowest BCUT2D eigenvalue weighted by Gasteiger charge is -2.35. The zero-order chi connectivity index (χ0) is 22.1. The van der Waals surface area contributed by atoms with Crippen LogP contribution in [0.5, 0.6) is 5.75 Å². The molecule has 170 valence electrons. The van der Waals surface area contributed by atoms with E-state index in [-0.39, 0.29) is 48.2 Å². The van der Waals surface area contributed by atoms with Crippen molar-refractivity contribution < 1.29 is 9.90 Å². The molecule has 1 heterocycles. The lowest BCUT2D eigenvalue weighted by Crippen LogP contribution is -2.51. The SMILES string of the molecule is CCNC(=NCC(=O)Nc1ccc(O)cc1)NC1CCCN(c2ccccc2C#N)C1.I. The maximum atomic E-state index is 12.2. The lowest BCUT2D eigenvalue weighted by molar-refractivity contribution is -0.114. The standard InChI is InChI=1S/C23H28N6O2.HI/c1-2-25-23(26-15-22(31)27-18-9-11-20(30)12-10-18)28-19-7-5-13-29(16-19)21-8-4-3-6-17(21)14-24;/h3-4,6,8-12,19,30H,2,5,7,13,15-16H2,1H3,(H,27,31)(H2,25,26,28);1H. The van der Waals surface area contributed by atoms with Gasteiger partial charge in [0.25, 0.3) is 0 Å². The fourth-order valence-electron chi connectivity index (χ4n) is 3.57. The predicted molar refractivity (Wildman–Crippen MR) is 138 cm³/mol. The lowest BCUT2D eigenvalue weighted by atomic mass is 10.0. The predicted octanol–water partition coefficient (Wildman–Crippen LogP) is 3.04. The van der Waals surface area contributed by atoms with E-state index in [2.05, 4.69) is 31.9 Å². The number of halogens is 1. The average Bonchev–Trinajstić information content (AvgIpc) is 2.79. The average molecular weight is 548 g/mol. The van der Waals surface area contributed by atoms with E-state index >= 15 is 0 Å². The van der Waals surface area contributed by atoms with Crippen molar-refractivity contribution in [3.8, 4) is 11.8 Å². The van der Waals surface area contributed by atoms with Crippen LogP contribution in [0.2, 0.25) is 0 Å². The highest BCUT2D eigenvalue weighted by molar-refractivity contribution is 14.0. The molecule has 0 saturated carbocycles. The second kappa shape index (κ2) is 12.8. The van der Waals surface area contributed by atoms with E-state index in [4.69, 9.17) is 0 Å². The van der Waals surface area contributed by atoms with E-state index in [1.165, 1.54) is 12.1 Å². The third-order valence-electron chi connectivity index (χ3n) is 5.00. The number of hydrogen-bond donors (Lipinski definition) is 4. The summed E-state index contributed by atoms with van der Waals surface area (Å²) in [5, 5.41) is 28.1. The van der Waals surface area contributed by atoms with Crippen LogP contribution in [0.15, 0.2) is 53.5 Å². The summed E-state index contributed by atoms with van der Waals surface area (Å²) >= 11 is 0. The number of aromatic hydroxyl groups is 1. The highest BCUT2D eigenvalue weighted by Crippen LogP contribution is 2.23. The normalized spacial score (nSPS) is 15.8. The molecule has 3 rings (SSSR count). The van der Waals surface area contributed by atoms with Gasteiger partial charge in [0.05, 0.1) is 11.3 Å². The summed E-state index contributed by atoms with van der Waals surface area (Å²) in [5.74, 6) is 0.494. The molecule has 0 spiro atoms. The van der Waals surface area contributed by atoms with E-state index in [1.807, 2.05) is 31.2 Å².